The van der Waals surface area contributed by atoms with E-state index in [2.05, 4.69) is 11.9 Å². The van der Waals surface area contributed by atoms with Gasteiger partial charge in [-0.3, -0.25) is 4.79 Å². The first-order chi connectivity index (χ1) is 9.72. The number of carbonyl (C=O) groups excluding carboxylic acids is 1. The summed E-state index contributed by atoms with van der Waals surface area (Å²) in [6.45, 7) is 0. The van der Waals surface area contributed by atoms with Crippen LogP contribution in [0.4, 0.5) is 0 Å². The minimum atomic E-state index is 0.353. The third-order valence-electron chi connectivity index (χ3n) is 6.93. The van der Waals surface area contributed by atoms with Crippen LogP contribution in [0.25, 0.3) is 0 Å². The molecule has 0 spiro atoms. The van der Waals surface area contributed by atoms with Gasteiger partial charge in [0, 0.05) is 19.0 Å². The molecule has 5 aliphatic carbocycles. The number of amides is 1. The molecule has 0 unspecified atom stereocenters. The number of hydrogen-bond acceptors (Lipinski definition) is 1. The van der Waals surface area contributed by atoms with Crippen LogP contribution < -0.4 is 0 Å². The van der Waals surface area contributed by atoms with Crippen LogP contribution in [0.1, 0.15) is 64.2 Å². The quantitative estimate of drug-likeness (QED) is 0.749. The normalized spacial score (nSPS) is 43.8. The van der Waals surface area contributed by atoms with Gasteiger partial charge in [-0.1, -0.05) is 19.3 Å². The molecule has 0 aliphatic heterocycles. The summed E-state index contributed by atoms with van der Waals surface area (Å²) < 4.78 is 0. The molecule has 5 aliphatic rings. The van der Waals surface area contributed by atoms with Gasteiger partial charge in [0.15, 0.2) is 0 Å². The Hall–Kier alpha value is -0.530. The topological polar surface area (TPSA) is 20.3 Å². The van der Waals surface area contributed by atoms with Gasteiger partial charge in [-0.05, 0) is 68.6 Å². The van der Waals surface area contributed by atoms with Crippen LogP contribution in [0, 0.1) is 29.6 Å². The summed E-state index contributed by atoms with van der Waals surface area (Å²) in [6.07, 6.45) is 13.3. The van der Waals surface area contributed by atoms with Gasteiger partial charge in [-0.25, -0.2) is 0 Å². The van der Waals surface area contributed by atoms with Crippen molar-refractivity contribution in [3.8, 4) is 0 Å². The van der Waals surface area contributed by atoms with Crippen molar-refractivity contribution in [2.24, 2.45) is 29.6 Å². The number of hydrogen-bond donors (Lipinski definition) is 0. The Bertz CT molecular complexity index is 357. The van der Waals surface area contributed by atoms with Gasteiger partial charge in [0.2, 0.25) is 5.91 Å². The van der Waals surface area contributed by atoms with Gasteiger partial charge < -0.3 is 4.90 Å². The summed E-state index contributed by atoms with van der Waals surface area (Å²) in [4.78, 5) is 15.1. The minimum Gasteiger partial charge on any atom is -0.342 e. The van der Waals surface area contributed by atoms with Gasteiger partial charge in [0.05, 0.1) is 0 Å². The summed E-state index contributed by atoms with van der Waals surface area (Å²) in [5, 5.41) is 0. The van der Waals surface area contributed by atoms with Gasteiger partial charge in [-0.15, -0.1) is 0 Å². The van der Waals surface area contributed by atoms with E-state index in [0.717, 1.165) is 36.5 Å². The minimum absolute atomic E-state index is 0.353. The Morgan fingerprint density at radius 2 is 1.40 bits per heavy atom. The maximum Gasteiger partial charge on any atom is 0.225 e. The predicted molar refractivity (Wildman–Crippen MR) is 80.2 cm³/mol. The summed E-state index contributed by atoms with van der Waals surface area (Å²) in [7, 11) is 2.13. The van der Waals surface area contributed by atoms with Gasteiger partial charge in [-0.2, -0.15) is 0 Å². The van der Waals surface area contributed by atoms with E-state index in [0.29, 0.717) is 17.9 Å². The Labute approximate surface area is 123 Å². The van der Waals surface area contributed by atoms with Crippen molar-refractivity contribution in [3.63, 3.8) is 0 Å². The molecule has 0 atom stereocenters. The van der Waals surface area contributed by atoms with Crippen LogP contribution in [0.3, 0.4) is 0 Å². The highest BCUT2D eigenvalue weighted by atomic mass is 16.2. The zero-order valence-electron chi connectivity index (χ0n) is 12.9. The molecule has 0 saturated heterocycles. The molecular weight excluding hydrogens is 246 g/mol. The first-order valence-corrected chi connectivity index (χ1v) is 8.99. The third kappa shape index (κ3) is 2.10. The monoisotopic (exact) mass is 275 g/mol. The lowest BCUT2D eigenvalue weighted by molar-refractivity contribution is -0.146. The summed E-state index contributed by atoms with van der Waals surface area (Å²) >= 11 is 0. The van der Waals surface area contributed by atoms with E-state index in [9.17, 15) is 4.79 Å². The molecule has 0 aromatic rings. The molecule has 112 valence electrons. The zero-order chi connectivity index (χ0) is 13.7. The molecule has 20 heavy (non-hydrogen) atoms. The Balaban J connectivity index is 1.47. The second kappa shape index (κ2) is 5.03. The second-order valence-corrected chi connectivity index (χ2v) is 8.21. The smallest absolute Gasteiger partial charge is 0.225 e. The lowest BCUT2D eigenvalue weighted by atomic mass is 9.54. The van der Waals surface area contributed by atoms with Crippen LogP contribution in [-0.2, 0) is 4.79 Å². The fourth-order valence-corrected chi connectivity index (χ4v) is 6.31. The average Bonchev–Trinajstić information content (AvgIpc) is 2.46. The van der Waals surface area contributed by atoms with E-state index >= 15 is 0 Å². The fourth-order valence-electron chi connectivity index (χ4n) is 6.31. The van der Waals surface area contributed by atoms with Crippen LogP contribution >= 0.6 is 0 Å². The molecule has 1 amide bonds. The van der Waals surface area contributed by atoms with Crippen molar-refractivity contribution in [2.75, 3.05) is 7.05 Å². The van der Waals surface area contributed by atoms with Crippen molar-refractivity contribution in [1.82, 2.24) is 4.90 Å². The van der Waals surface area contributed by atoms with Crippen molar-refractivity contribution in [1.29, 1.82) is 0 Å². The predicted octanol–water partition coefficient (Wildman–Crippen LogP) is 3.85. The molecule has 5 fully saturated rings. The first kappa shape index (κ1) is 13.2. The van der Waals surface area contributed by atoms with Gasteiger partial charge in [0.25, 0.3) is 0 Å². The first-order valence-electron chi connectivity index (χ1n) is 8.99. The van der Waals surface area contributed by atoms with Gasteiger partial charge >= 0.3 is 0 Å². The van der Waals surface area contributed by atoms with Gasteiger partial charge in [0.1, 0.15) is 0 Å². The summed E-state index contributed by atoms with van der Waals surface area (Å²) in [6, 6.07) is 0.595. The lowest BCUT2D eigenvalue weighted by Crippen LogP contribution is -2.57. The van der Waals surface area contributed by atoms with Crippen LogP contribution in [-0.4, -0.2) is 23.9 Å². The number of rotatable bonds is 2. The molecule has 0 radical (unpaired) electrons. The molecule has 0 N–H and O–H groups in total. The van der Waals surface area contributed by atoms with Crippen molar-refractivity contribution in [3.05, 3.63) is 0 Å². The van der Waals surface area contributed by atoms with E-state index in [4.69, 9.17) is 0 Å². The molecule has 5 saturated carbocycles. The van der Waals surface area contributed by atoms with E-state index in [1.165, 1.54) is 51.4 Å². The van der Waals surface area contributed by atoms with E-state index in [1.807, 2.05) is 0 Å². The molecule has 0 heterocycles. The Morgan fingerprint density at radius 1 is 0.850 bits per heavy atom. The Morgan fingerprint density at radius 3 is 1.95 bits per heavy atom. The fraction of sp³-hybridized carbons (Fsp3) is 0.944. The highest BCUT2D eigenvalue weighted by molar-refractivity contribution is 5.79. The molecule has 4 bridgehead atoms. The van der Waals surface area contributed by atoms with E-state index in [-0.39, 0.29) is 0 Å². The zero-order valence-corrected chi connectivity index (χ0v) is 12.9. The largest absolute Gasteiger partial charge is 0.342 e. The molecule has 5 rings (SSSR count). The standard InChI is InChI=1S/C18H29NO/c1-19(18(20)14-5-3-2-4-6-14)17-15-8-12-7-13(10-15)11-16(17)9-12/h12-17H,2-11H2,1H3. The average molecular weight is 275 g/mol. The van der Waals surface area contributed by atoms with Crippen molar-refractivity contribution >= 4 is 5.91 Å². The third-order valence-corrected chi connectivity index (χ3v) is 6.93. The highest BCUT2D eigenvalue weighted by Gasteiger charge is 2.50. The lowest BCUT2D eigenvalue weighted by Gasteiger charge is -2.57. The number of nitrogens with zero attached hydrogens (tertiary/aromatic N) is 1. The highest BCUT2D eigenvalue weighted by Crippen LogP contribution is 2.55. The summed E-state index contributed by atoms with van der Waals surface area (Å²) in [5.41, 5.74) is 0. The Kier molecular flexibility index (Phi) is 3.31. The molecule has 0 aromatic carbocycles. The molecular formula is C18H29NO. The maximum atomic E-state index is 12.8. The van der Waals surface area contributed by atoms with E-state index in [1.54, 1.807) is 0 Å². The summed E-state index contributed by atoms with van der Waals surface area (Å²) in [5.74, 6) is 4.53. The van der Waals surface area contributed by atoms with Crippen molar-refractivity contribution < 1.29 is 4.79 Å². The molecule has 2 nitrogen and oxygen atoms in total. The number of carbonyl (C=O) groups is 1. The molecule has 2 heteroatoms. The van der Waals surface area contributed by atoms with Crippen LogP contribution in [0.15, 0.2) is 0 Å². The molecule has 0 aromatic heterocycles. The van der Waals surface area contributed by atoms with Crippen molar-refractivity contribution in [2.45, 2.75) is 70.3 Å². The SMILES string of the molecule is CN(C(=O)C1CCCCC1)C1C2CC3CC(C2)CC1C3. The van der Waals surface area contributed by atoms with Crippen LogP contribution in [0.5, 0.6) is 0 Å². The van der Waals surface area contributed by atoms with E-state index < -0.39 is 0 Å². The second-order valence-electron chi connectivity index (χ2n) is 8.21. The van der Waals surface area contributed by atoms with Crippen LogP contribution in [0.2, 0.25) is 0 Å². The maximum absolute atomic E-state index is 12.8.